The number of nitrogens with zero attached hydrogens (tertiary/aromatic N) is 1. The molecule has 0 aromatic carbocycles. The first-order chi connectivity index (χ1) is 3.31. The predicted octanol–water partition coefficient (Wildman–Crippen LogP) is 2.26. The average Bonchev–Trinajstić information content (AvgIpc) is 1.68. The van der Waals surface area contributed by atoms with Crippen LogP contribution in [-0.2, 0) is 0 Å². The lowest BCUT2D eigenvalue weighted by Gasteiger charge is -2.00. The van der Waals surface area contributed by atoms with Gasteiger partial charge in [-0.3, -0.25) is 0 Å². The van der Waals surface area contributed by atoms with Crippen LogP contribution in [0.4, 0.5) is 0 Å². The summed E-state index contributed by atoms with van der Waals surface area (Å²) in [5.74, 6) is 0. The number of halogens is 1. The van der Waals surface area contributed by atoms with Crippen LogP contribution in [0.1, 0.15) is 6.92 Å². The summed E-state index contributed by atoms with van der Waals surface area (Å²) < 4.78 is 3.66. The second-order valence-corrected chi connectivity index (χ2v) is 1.67. The largest absolute Gasteiger partial charge is 0.632 e. The third-order valence-electron chi connectivity index (χ3n) is 0.480. The maximum absolute atomic E-state index is 6.66. The Hall–Kier alpha value is -0.0600. The zero-order valence-electron chi connectivity index (χ0n) is 3.98. The Kier molecular flexibility index (Phi) is 4.07. The molecule has 0 aliphatic rings. The highest BCUT2D eigenvalue weighted by molar-refractivity contribution is 14.1. The predicted molar refractivity (Wildman–Crippen MR) is 39.9 cm³/mol. The van der Waals surface area contributed by atoms with E-state index in [1.165, 1.54) is 6.21 Å². The molecule has 0 amide bonds. The molecule has 1 N–H and O–H groups in total. The van der Waals surface area contributed by atoms with Crippen molar-refractivity contribution in [3.8, 4) is 0 Å². The van der Waals surface area contributed by atoms with Crippen LogP contribution in [-0.4, -0.2) is 6.21 Å². The molecule has 7 heavy (non-hydrogen) atoms. The quantitative estimate of drug-likeness (QED) is 0.535. The lowest BCUT2D eigenvalue weighted by Crippen LogP contribution is -1.69. The van der Waals surface area contributed by atoms with Gasteiger partial charge in [0.15, 0.2) is 0 Å². The molecule has 0 aromatic heterocycles. The van der Waals surface area contributed by atoms with E-state index >= 15 is 0 Å². The average molecular weight is 209 g/mol. The van der Waals surface area contributed by atoms with Gasteiger partial charge in [-0.05, 0) is 6.92 Å². The maximum atomic E-state index is 6.66. The van der Waals surface area contributed by atoms with Crippen molar-refractivity contribution in [2.45, 2.75) is 6.92 Å². The van der Waals surface area contributed by atoms with Gasteiger partial charge in [-0.1, -0.05) is 5.57 Å². The SMILES string of the molecule is CC(C=N)=C[N-]I. The van der Waals surface area contributed by atoms with Crippen molar-refractivity contribution in [1.29, 1.82) is 5.41 Å². The van der Waals surface area contributed by atoms with Gasteiger partial charge in [-0.15, -0.1) is 0 Å². The molecule has 0 rings (SSSR count). The summed E-state index contributed by atoms with van der Waals surface area (Å²) in [5.41, 5.74) is 0.870. The molecule has 0 saturated heterocycles. The summed E-state index contributed by atoms with van der Waals surface area (Å²) in [5, 5.41) is 6.66. The van der Waals surface area contributed by atoms with Gasteiger partial charge in [0.2, 0.25) is 0 Å². The highest BCUT2D eigenvalue weighted by Gasteiger charge is 1.66. The van der Waals surface area contributed by atoms with E-state index in [0.29, 0.717) is 0 Å². The van der Waals surface area contributed by atoms with Crippen LogP contribution in [0.2, 0.25) is 0 Å². The first-order valence-electron chi connectivity index (χ1n) is 1.79. The van der Waals surface area contributed by atoms with Gasteiger partial charge < -0.3 is 8.94 Å². The Morgan fingerprint density at radius 3 is 2.57 bits per heavy atom. The molecule has 0 heterocycles. The lowest BCUT2D eigenvalue weighted by molar-refractivity contribution is 1.51. The first kappa shape index (κ1) is 6.94. The van der Waals surface area contributed by atoms with Gasteiger partial charge in [0.1, 0.15) is 0 Å². The molecule has 40 valence electrons. The monoisotopic (exact) mass is 209 g/mol. The zero-order chi connectivity index (χ0) is 5.70. The van der Waals surface area contributed by atoms with E-state index in [4.69, 9.17) is 5.41 Å². The molecule has 0 bridgehead atoms. The van der Waals surface area contributed by atoms with Crippen LogP contribution in [0.3, 0.4) is 0 Å². The van der Waals surface area contributed by atoms with Crippen LogP contribution in [0.15, 0.2) is 11.8 Å². The molecular formula is C4H6IN2-. The normalized spacial score (nSPS) is 10.9. The van der Waals surface area contributed by atoms with Crippen molar-refractivity contribution < 1.29 is 0 Å². The second-order valence-electron chi connectivity index (χ2n) is 1.12. The van der Waals surface area contributed by atoms with E-state index in [-0.39, 0.29) is 0 Å². The molecule has 0 radical (unpaired) electrons. The summed E-state index contributed by atoms with van der Waals surface area (Å²) in [4.78, 5) is 0. The maximum Gasteiger partial charge on any atom is 0.0189 e. The first-order valence-corrected chi connectivity index (χ1v) is 2.76. The third kappa shape index (κ3) is 3.78. The number of hydrogen-bond acceptors (Lipinski definition) is 1. The van der Waals surface area contributed by atoms with E-state index < -0.39 is 0 Å². The number of allylic oxidation sites excluding steroid dienone is 1. The fraction of sp³-hybridized carbons (Fsp3) is 0.250. The van der Waals surface area contributed by atoms with Gasteiger partial charge in [0.05, 0.1) is 0 Å². The molecule has 0 unspecified atom stereocenters. The molecule has 0 spiro atoms. The lowest BCUT2D eigenvalue weighted by atomic mass is 10.4. The summed E-state index contributed by atoms with van der Waals surface area (Å²) >= 11 is 1.87. The second kappa shape index (κ2) is 4.11. The van der Waals surface area contributed by atoms with Crippen molar-refractivity contribution in [3.63, 3.8) is 0 Å². The van der Waals surface area contributed by atoms with Crippen LogP contribution < -0.4 is 0 Å². The molecule has 0 aliphatic heterocycles. The van der Waals surface area contributed by atoms with Crippen molar-refractivity contribution in [3.05, 3.63) is 15.3 Å². The van der Waals surface area contributed by atoms with Gasteiger partial charge in [0, 0.05) is 6.21 Å². The fourth-order valence-corrected chi connectivity index (χ4v) is 0.554. The Labute approximate surface area is 57.0 Å². The molecular weight excluding hydrogens is 203 g/mol. The zero-order valence-corrected chi connectivity index (χ0v) is 6.14. The van der Waals surface area contributed by atoms with Gasteiger partial charge in [-0.2, -0.15) is 6.20 Å². The Bertz CT molecular complexity index is 87.7. The molecule has 3 heteroatoms. The van der Waals surface area contributed by atoms with Gasteiger partial charge in [-0.25, -0.2) is 22.9 Å². The molecule has 0 aromatic rings. The molecule has 2 nitrogen and oxygen atoms in total. The van der Waals surface area contributed by atoms with E-state index in [9.17, 15) is 0 Å². The van der Waals surface area contributed by atoms with Crippen LogP contribution in [0.5, 0.6) is 0 Å². The van der Waals surface area contributed by atoms with Crippen LogP contribution in [0.25, 0.3) is 3.53 Å². The highest BCUT2D eigenvalue weighted by Crippen LogP contribution is 2.00. The third-order valence-corrected chi connectivity index (χ3v) is 0.759. The number of hydrogen-bond donors (Lipinski definition) is 1. The smallest absolute Gasteiger partial charge is 0.0189 e. The van der Waals surface area contributed by atoms with Crippen LogP contribution >= 0.6 is 22.9 Å². The van der Waals surface area contributed by atoms with E-state index in [1.54, 1.807) is 6.20 Å². The van der Waals surface area contributed by atoms with Crippen molar-refractivity contribution >= 4 is 29.1 Å². The minimum Gasteiger partial charge on any atom is -0.632 e. The van der Waals surface area contributed by atoms with Crippen molar-refractivity contribution in [2.24, 2.45) is 0 Å². The Balaban J connectivity index is 3.49. The summed E-state index contributed by atoms with van der Waals surface area (Å²) in [6.45, 7) is 1.83. The molecule has 0 atom stereocenters. The van der Waals surface area contributed by atoms with E-state index in [1.807, 2.05) is 29.8 Å². The minimum absolute atomic E-state index is 0.870. The topological polar surface area (TPSA) is 38.0 Å². The molecule has 0 fully saturated rings. The summed E-state index contributed by atoms with van der Waals surface area (Å²) in [6.07, 6.45) is 2.90. The van der Waals surface area contributed by atoms with E-state index in [0.717, 1.165) is 5.57 Å². The Morgan fingerprint density at radius 1 is 1.86 bits per heavy atom. The number of nitrogens with one attached hydrogen (secondary N) is 1. The minimum atomic E-state index is 0.870. The molecule has 0 aliphatic carbocycles. The van der Waals surface area contributed by atoms with Crippen LogP contribution in [0, 0.1) is 5.41 Å². The summed E-state index contributed by atoms with van der Waals surface area (Å²) in [7, 11) is 0. The number of rotatable bonds is 2. The molecule has 0 saturated carbocycles. The van der Waals surface area contributed by atoms with E-state index in [2.05, 4.69) is 3.53 Å². The fourth-order valence-electron chi connectivity index (χ4n) is 0.114. The van der Waals surface area contributed by atoms with Crippen molar-refractivity contribution in [1.82, 2.24) is 0 Å². The van der Waals surface area contributed by atoms with Gasteiger partial charge >= 0.3 is 0 Å². The summed E-state index contributed by atoms with van der Waals surface area (Å²) in [6, 6.07) is 0. The Morgan fingerprint density at radius 2 is 2.43 bits per heavy atom. The van der Waals surface area contributed by atoms with Crippen molar-refractivity contribution in [2.75, 3.05) is 0 Å². The standard InChI is InChI=1S/C4H6IN2/c1-4(2-6)3-7-5/h2-3,6H,1H3/q-1. The highest BCUT2D eigenvalue weighted by atomic mass is 127. The van der Waals surface area contributed by atoms with Gasteiger partial charge in [0.25, 0.3) is 0 Å².